The van der Waals surface area contributed by atoms with Crippen LogP contribution in [0.15, 0.2) is 0 Å². The monoisotopic (exact) mass is 853 g/mol. The van der Waals surface area contributed by atoms with E-state index in [1.54, 1.807) is 0 Å². The van der Waals surface area contributed by atoms with Crippen LogP contribution in [0, 0.1) is 0 Å². The van der Waals surface area contributed by atoms with Crippen molar-refractivity contribution in [1.29, 1.82) is 0 Å². The van der Waals surface area contributed by atoms with Gasteiger partial charge in [0.1, 0.15) is 116 Å². The van der Waals surface area contributed by atoms with Crippen molar-refractivity contribution >= 4 is 5.91 Å². The third-order valence-corrected chi connectivity index (χ3v) is 10.7. The van der Waals surface area contributed by atoms with Crippen LogP contribution < -0.4 is 5.32 Å². The Balaban J connectivity index is 1.46. The molecule has 16 N–H and O–H groups in total. The average molecular weight is 854 g/mol. The maximum Gasteiger partial charge on any atom is 0.217 e. The van der Waals surface area contributed by atoms with E-state index in [2.05, 4.69) is 5.32 Å². The maximum absolute atomic E-state index is 12.7. The predicted molar refractivity (Wildman–Crippen MR) is 177 cm³/mol. The first kappa shape index (κ1) is 47.6. The molecule has 5 rings (SSSR count). The van der Waals surface area contributed by atoms with E-state index < -0.39 is 186 Å². The molecule has 1 amide bonds. The van der Waals surface area contributed by atoms with Crippen LogP contribution >= 0.6 is 0 Å². The summed E-state index contributed by atoms with van der Waals surface area (Å²) in [6, 6.07) is -1.71. The van der Waals surface area contributed by atoms with Crippen molar-refractivity contribution in [3.05, 3.63) is 0 Å². The van der Waals surface area contributed by atoms with E-state index in [0.717, 1.165) is 6.92 Å². The summed E-state index contributed by atoms with van der Waals surface area (Å²) >= 11 is 0. The number of aliphatic hydroxyl groups is 15. The van der Waals surface area contributed by atoms with Crippen LogP contribution in [0.5, 0.6) is 0 Å². The van der Waals surface area contributed by atoms with Crippen molar-refractivity contribution in [3.63, 3.8) is 0 Å². The number of ether oxygens (including phenoxy) is 9. The Labute approximate surface area is 329 Å². The van der Waals surface area contributed by atoms with Gasteiger partial charge in [-0.2, -0.15) is 0 Å². The molecule has 0 saturated carbocycles. The van der Waals surface area contributed by atoms with Crippen molar-refractivity contribution in [2.24, 2.45) is 0 Å². The Bertz CT molecular complexity index is 1300. The molecular formula is C32H55NO25. The largest absolute Gasteiger partial charge is 0.394 e. The van der Waals surface area contributed by atoms with E-state index in [9.17, 15) is 81.4 Å². The molecule has 26 nitrogen and oxygen atoms in total. The van der Waals surface area contributed by atoms with Crippen molar-refractivity contribution in [2.45, 2.75) is 167 Å². The van der Waals surface area contributed by atoms with Crippen molar-refractivity contribution in [2.75, 3.05) is 26.4 Å². The molecule has 5 fully saturated rings. The maximum atomic E-state index is 12.7. The van der Waals surface area contributed by atoms with Gasteiger partial charge in [0.2, 0.25) is 5.91 Å². The number of amides is 1. The number of hydrogen-bond donors (Lipinski definition) is 16. The SMILES string of the molecule is CC(=O)N[C@H]1[C@H](O[C@@H]2[C@H](O)[C@@H](O)[C@H](O[C@H]3[C@H](O)[C@@H](O)C(O)O[C@@H]3CO)O[C@@H]2CO)O[C@H](CO)[C@@H](O[C@@H]2O[C@@H](C)[C@@H](O)[C@@H](O)[C@H]2O)[C@@H]1O[C@@H]1O[C@H](CO)[C@H](O)[C@H](O)[C@H]1O. The second kappa shape index (κ2) is 20.1. The first-order valence-corrected chi connectivity index (χ1v) is 18.5. The third kappa shape index (κ3) is 9.75. The molecule has 5 aliphatic heterocycles. The molecule has 338 valence electrons. The molecule has 5 saturated heterocycles. The zero-order valence-corrected chi connectivity index (χ0v) is 31.1. The summed E-state index contributed by atoms with van der Waals surface area (Å²) in [6.45, 7) is -1.34. The number of nitrogens with one attached hydrogen (secondary N) is 1. The highest BCUT2D eigenvalue weighted by Gasteiger charge is 2.57. The highest BCUT2D eigenvalue weighted by Crippen LogP contribution is 2.36. The second-order valence-electron chi connectivity index (χ2n) is 14.7. The lowest BCUT2D eigenvalue weighted by Crippen LogP contribution is -2.71. The molecule has 5 heterocycles. The fourth-order valence-corrected chi connectivity index (χ4v) is 7.37. The van der Waals surface area contributed by atoms with Gasteiger partial charge in [-0.1, -0.05) is 0 Å². The first-order chi connectivity index (χ1) is 27.4. The summed E-state index contributed by atoms with van der Waals surface area (Å²) in [4.78, 5) is 12.7. The van der Waals surface area contributed by atoms with Gasteiger partial charge in [-0.15, -0.1) is 0 Å². The Morgan fingerprint density at radius 2 is 0.845 bits per heavy atom. The molecule has 26 heteroatoms. The Kier molecular flexibility index (Phi) is 16.5. The molecule has 5 aliphatic rings. The highest BCUT2D eigenvalue weighted by molar-refractivity contribution is 5.73. The van der Waals surface area contributed by atoms with Gasteiger partial charge in [0.15, 0.2) is 31.5 Å². The van der Waals surface area contributed by atoms with Gasteiger partial charge < -0.3 is 125 Å². The number of carbonyl (C=O) groups excluding carboxylic acids is 1. The van der Waals surface area contributed by atoms with E-state index in [4.69, 9.17) is 42.6 Å². The summed E-state index contributed by atoms with van der Waals surface area (Å²) in [5, 5.41) is 159. The molecule has 0 aliphatic carbocycles. The molecule has 0 aromatic carbocycles. The van der Waals surface area contributed by atoms with Crippen LogP contribution in [0.25, 0.3) is 0 Å². The quantitative estimate of drug-likeness (QED) is 0.0818. The molecular weight excluding hydrogens is 798 g/mol. The van der Waals surface area contributed by atoms with Gasteiger partial charge in [0, 0.05) is 6.92 Å². The van der Waals surface area contributed by atoms with E-state index in [0.29, 0.717) is 0 Å². The van der Waals surface area contributed by atoms with Crippen molar-refractivity contribution < 1.29 is 124 Å². The van der Waals surface area contributed by atoms with E-state index in [1.807, 2.05) is 0 Å². The smallest absolute Gasteiger partial charge is 0.217 e. The minimum Gasteiger partial charge on any atom is -0.394 e. The summed E-state index contributed by atoms with van der Waals surface area (Å²) in [5.41, 5.74) is 0. The summed E-state index contributed by atoms with van der Waals surface area (Å²) in [7, 11) is 0. The lowest BCUT2D eigenvalue weighted by Gasteiger charge is -2.51. The summed E-state index contributed by atoms with van der Waals surface area (Å²) in [5.74, 6) is -0.821. The molecule has 25 atom stereocenters. The fourth-order valence-electron chi connectivity index (χ4n) is 7.37. The van der Waals surface area contributed by atoms with Crippen LogP contribution in [0.3, 0.4) is 0 Å². The van der Waals surface area contributed by atoms with Gasteiger partial charge in [-0.25, -0.2) is 0 Å². The molecule has 0 aromatic heterocycles. The van der Waals surface area contributed by atoms with Gasteiger partial charge in [0.05, 0.1) is 32.5 Å². The van der Waals surface area contributed by atoms with Crippen molar-refractivity contribution in [3.8, 4) is 0 Å². The minimum absolute atomic E-state index is 0.821. The fraction of sp³-hybridized carbons (Fsp3) is 0.969. The normalized spacial score (nSPS) is 51.6. The zero-order valence-electron chi connectivity index (χ0n) is 31.1. The lowest BCUT2D eigenvalue weighted by molar-refractivity contribution is -0.390. The van der Waals surface area contributed by atoms with Crippen LogP contribution in [0.4, 0.5) is 0 Å². The summed E-state index contributed by atoms with van der Waals surface area (Å²) < 4.78 is 51.4. The standard InChI is InChI=1S/C32H55NO25/c1-7-14(39)16(41)21(46)30(50-7)57-26-12(6-37)53-29(13(33-8(2)38)27(26)58-31-22(47)17(42)15(40)9(3-34)52-31)55-25-11(5-36)54-32(23(48)19(25)44)56-24-10(4-35)51-28(49)20(45)18(24)43/h7,9-32,34-37,39-49H,3-6H2,1-2H3,(H,33,38)/t7-,9+,10+,11+,12+,13+,14+,15-,16+,17-,18+,19+,20+,21+,22+,23+,24+,25-,26+,27+,28?,29-,30-,31-,32-/m0/s1. The summed E-state index contributed by atoms with van der Waals surface area (Å²) in [6.07, 6.45) is -43.2. The van der Waals surface area contributed by atoms with Crippen LogP contribution in [0.2, 0.25) is 0 Å². The highest BCUT2D eigenvalue weighted by atomic mass is 16.8. The predicted octanol–water partition coefficient (Wildman–Crippen LogP) is -10.8. The van der Waals surface area contributed by atoms with Gasteiger partial charge in [0.25, 0.3) is 0 Å². The third-order valence-electron chi connectivity index (χ3n) is 10.7. The topological polar surface area (TPSA) is 416 Å². The Morgan fingerprint density at radius 1 is 0.448 bits per heavy atom. The van der Waals surface area contributed by atoms with E-state index >= 15 is 0 Å². The number of rotatable bonds is 13. The number of aliphatic hydroxyl groups excluding tert-OH is 15. The Morgan fingerprint density at radius 3 is 1.40 bits per heavy atom. The van der Waals surface area contributed by atoms with Gasteiger partial charge >= 0.3 is 0 Å². The lowest BCUT2D eigenvalue weighted by atomic mass is 9.93. The number of carbonyl (C=O) groups is 1. The van der Waals surface area contributed by atoms with Gasteiger partial charge in [-0.05, 0) is 6.92 Å². The zero-order chi connectivity index (χ0) is 42.9. The minimum atomic E-state index is -2.11. The first-order valence-electron chi connectivity index (χ1n) is 18.5. The van der Waals surface area contributed by atoms with Crippen molar-refractivity contribution in [1.82, 2.24) is 5.32 Å². The van der Waals surface area contributed by atoms with E-state index in [-0.39, 0.29) is 0 Å². The molecule has 58 heavy (non-hydrogen) atoms. The van der Waals surface area contributed by atoms with Crippen LogP contribution in [-0.4, -0.2) is 262 Å². The van der Waals surface area contributed by atoms with E-state index in [1.165, 1.54) is 6.92 Å². The number of hydrogen-bond acceptors (Lipinski definition) is 25. The second-order valence-corrected chi connectivity index (χ2v) is 14.7. The molecule has 1 unspecified atom stereocenters. The van der Waals surface area contributed by atoms with Crippen LogP contribution in [0.1, 0.15) is 13.8 Å². The molecule has 0 aromatic rings. The van der Waals surface area contributed by atoms with Crippen LogP contribution in [-0.2, 0) is 47.4 Å². The molecule has 0 bridgehead atoms. The molecule has 0 spiro atoms. The molecule has 0 radical (unpaired) electrons. The average Bonchev–Trinajstić information content (AvgIpc) is 3.20. The van der Waals surface area contributed by atoms with Gasteiger partial charge in [-0.3, -0.25) is 4.79 Å². The Hall–Kier alpha value is -1.49.